The third-order valence-electron chi connectivity index (χ3n) is 2.10. The van der Waals surface area contributed by atoms with Crippen molar-refractivity contribution in [3.63, 3.8) is 0 Å². The fraction of sp³-hybridized carbons (Fsp3) is 0.444. The molecule has 0 saturated heterocycles. The molecule has 0 unspecified atom stereocenters. The van der Waals surface area contributed by atoms with Gasteiger partial charge in [0.2, 0.25) is 10.0 Å². The summed E-state index contributed by atoms with van der Waals surface area (Å²) in [5, 5.41) is 0. The highest BCUT2D eigenvalue weighted by molar-refractivity contribution is 7.89. The lowest BCUT2D eigenvalue weighted by atomic mass is 10.5. The molecule has 1 aromatic rings. The Morgan fingerprint density at radius 3 is 2.33 bits per heavy atom. The first-order valence-electron chi connectivity index (χ1n) is 4.74. The van der Waals surface area contributed by atoms with Gasteiger partial charge < -0.3 is 5.73 Å². The molecular weight excluding hydrogens is 214 g/mol. The summed E-state index contributed by atoms with van der Waals surface area (Å²) in [6.45, 7) is 4.49. The molecular formula is C9H15N3O2S. The molecule has 0 amide bonds. The van der Waals surface area contributed by atoms with E-state index in [0.29, 0.717) is 18.9 Å². The lowest BCUT2D eigenvalue weighted by Crippen LogP contribution is -2.30. The van der Waals surface area contributed by atoms with Gasteiger partial charge in [-0.25, -0.2) is 13.4 Å². The maximum absolute atomic E-state index is 12.0. The van der Waals surface area contributed by atoms with Crippen LogP contribution >= 0.6 is 0 Å². The molecule has 6 heteroatoms. The van der Waals surface area contributed by atoms with E-state index < -0.39 is 10.0 Å². The van der Waals surface area contributed by atoms with Crippen LogP contribution in [0.1, 0.15) is 13.8 Å². The summed E-state index contributed by atoms with van der Waals surface area (Å²) in [4.78, 5) is 3.95. The molecule has 1 aromatic heterocycles. The molecule has 2 N–H and O–H groups in total. The van der Waals surface area contributed by atoms with Crippen LogP contribution in [-0.4, -0.2) is 30.8 Å². The minimum Gasteiger partial charge on any atom is -0.384 e. The smallest absolute Gasteiger partial charge is 0.244 e. The van der Waals surface area contributed by atoms with Crippen molar-refractivity contribution in [1.82, 2.24) is 9.29 Å². The molecule has 0 aromatic carbocycles. The third kappa shape index (κ3) is 2.45. The maximum Gasteiger partial charge on any atom is 0.244 e. The zero-order valence-corrected chi connectivity index (χ0v) is 9.66. The van der Waals surface area contributed by atoms with Gasteiger partial charge in [0.25, 0.3) is 0 Å². The minimum atomic E-state index is -3.40. The SMILES string of the molecule is CCN(CC)S(=O)(=O)c1ccc(N)nc1. The largest absolute Gasteiger partial charge is 0.384 e. The average Bonchev–Trinajstić information content (AvgIpc) is 2.19. The van der Waals surface area contributed by atoms with E-state index in [4.69, 9.17) is 5.73 Å². The van der Waals surface area contributed by atoms with Gasteiger partial charge in [-0.05, 0) is 12.1 Å². The first-order chi connectivity index (χ1) is 7.02. The Labute approximate surface area is 90.0 Å². The Hall–Kier alpha value is -1.14. The first kappa shape index (κ1) is 11.9. The molecule has 1 heterocycles. The summed E-state index contributed by atoms with van der Waals surface area (Å²) in [6.07, 6.45) is 1.28. The van der Waals surface area contributed by atoms with Crippen LogP contribution in [0, 0.1) is 0 Å². The van der Waals surface area contributed by atoms with Crippen LogP contribution in [0.15, 0.2) is 23.2 Å². The topological polar surface area (TPSA) is 76.3 Å². The molecule has 0 radical (unpaired) electrons. The summed E-state index contributed by atoms with van der Waals surface area (Å²) in [7, 11) is -3.40. The first-order valence-corrected chi connectivity index (χ1v) is 6.18. The number of sulfonamides is 1. The highest BCUT2D eigenvalue weighted by Gasteiger charge is 2.21. The van der Waals surface area contributed by atoms with Gasteiger partial charge in [-0.3, -0.25) is 0 Å². The number of nitrogen functional groups attached to an aromatic ring is 1. The second kappa shape index (κ2) is 4.59. The average molecular weight is 229 g/mol. The van der Waals surface area contributed by atoms with Gasteiger partial charge in [0.05, 0.1) is 0 Å². The van der Waals surface area contributed by atoms with Crippen LogP contribution in [0.2, 0.25) is 0 Å². The standard InChI is InChI=1S/C9H15N3O2S/c1-3-12(4-2)15(13,14)8-5-6-9(10)11-7-8/h5-7H,3-4H2,1-2H3,(H2,10,11). The summed E-state index contributed by atoms with van der Waals surface area (Å²) in [6, 6.07) is 2.95. The van der Waals surface area contributed by atoms with Gasteiger partial charge in [0.15, 0.2) is 0 Å². The number of hydrogen-bond acceptors (Lipinski definition) is 4. The van der Waals surface area contributed by atoms with Crippen molar-refractivity contribution in [2.45, 2.75) is 18.7 Å². The van der Waals surface area contributed by atoms with Crippen molar-refractivity contribution >= 4 is 15.8 Å². The van der Waals surface area contributed by atoms with Gasteiger partial charge >= 0.3 is 0 Å². The summed E-state index contributed by atoms with van der Waals surface area (Å²) >= 11 is 0. The van der Waals surface area contributed by atoms with Crippen molar-refractivity contribution in [2.75, 3.05) is 18.8 Å². The molecule has 0 aliphatic carbocycles. The van der Waals surface area contributed by atoms with E-state index in [1.807, 2.05) is 0 Å². The monoisotopic (exact) mass is 229 g/mol. The van der Waals surface area contributed by atoms with Crippen LogP contribution < -0.4 is 5.73 Å². The van der Waals surface area contributed by atoms with Crippen molar-refractivity contribution in [3.05, 3.63) is 18.3 Å². The number of hydrogen-bond donors (Lipinski definition) is 1. The van der Waals surface area contributed by atoms with Crippen LogP contribution in [0.4, 0.5) is 5.82 Å². The summed E-state index contributed by atoms with van der Waals surface area (Å²) < 4.78 is 25.3. The second-order valence-electron chi connectivity index (χ2n) is 3.01. The number of anilines is 1. The number of nitrogens with zero attached hydrogens (tertiary/aromatic N) is 2. The molecule has 0 saturated carbocycles. The Morgan fingerprint density at radius 2 is 1.93 bits per heavy atom. The quantitative estimate of drug-likeness (QED) is 0.824. The zero-order chi connectivity index (χ0) is 11.5. The van der Waals surface area contributed by atoms with Crippen molar-refractivity contribution in [3.8, 4) is 0 Å². The van der Waals surface area contributed by atoms with Gasteiger partial charge in [-0.15, -0.1) is 0 Å². The lowest BCUT2D eigenvalue weighted by Gasteiger charge is -2.17. The molecule has 15 heavy (non-hydrogen) atoms. The van der Waals surface area contributed by atoms with E-state index in [9.17, 15) is 8.42 Å². The van der Waals surface area contributed by atoms with Gasteiger partial charge in [0.1, 0.15) is 10.7 Å². The highest BCUT2D eigenvalue weighted by Crippen LogP contribution is 2.14. The molecule has 0 aliphatic rings. The van der Waals surface area contributed by atoms with Gasteiger partial charge in [0, 0.05) is 19.3 Å². The molecule has 0 bridgehead atoms. The normalized spacial score (nSPS) is 11.9. The second-order valence-corrected chi connectivity index (χ2v) is 4.95. The summed E-state index contributed by atoms with van der Waals surface area (Å²) in [5.41, 5.74) is 5.39. The van der Waals surface area contributed by atoms with Crippen LogP contribution in [0.25, 0.3) is 0 Å². The summed E-state index contributed by atoms with van der Waals surface area (Å²) in [5.74, 6) is 0.313. The van der Waals surface area contributed by atoms with Crippen LogP contribution in [0.5, 0.6) is 0 Å². The Morgan fingerprint density at radius 1 is 1.33 bits per heavy atom. The van der Waals surface area contributed by atoms with E-state index in [1.54, 1.807) is 13.8 Å². The maximum atomic E-state index is 12.0. The van der Waals surface area contributed by atoms with Crippen molar-refractivity contribution in [1.29, 1.82) is 0 Å². The molecule has 0 fully saturated rings. The fourth-order valence-corrected chi connectivity index (χ4v) is 2.66. The van der Waals surface area contributed by atoms with Gasteiger partial charge in [-0.2, -0.15) is 4.31 Å². The number of pyridine rings is 1. The van der Waals surface area contributed by atoms with Crippen molar-refractivity contribution < 1.29 is 8.42 Å². The molecule has 0 atom stereocenters. The van der Waals surface area contributed by atoms with Crippen molar-refractivity contribution in [2.24, 2.45) is 0 Å². The highest BCUT2D eigenvalue weighted by atomic mass is 32.2. The zero-order valence-electron chi connectivity index (χ0n) is 8.84. The van der Waals surface area contributed by atoms with Crippen LogP contribution in [-0.2, 0) is 10.0 Å². The Balaban J connectivity index is 3.11. The minimum absolute atomic E-state index is 0.181. The van der Waals surface area contributed by atoms with Crippen LogP contribution in [0.3, 0.4) is 0 Å². The number of aromatic nitrogens is 1. The van der Waals surface area contributed by atoms with E-state index in [1.165, 1.54) is 22.6 Å². The predicted molar refractivity (Wildman–Crippen MR) is 58.8 cm³/mol. The Bertz CT molecular complexity index is 409. The van der Waals surface area contributed by atoms with E-state index >= 15 is 0 Å². The Kier molecular flexibility index (Phi) is 3.65. The fourth-order valence-electron chi connectivity index (χ4n) is 1.26. The van der Waals surface area contributed by atoms with Gasteiger partial charge in [-0.1, -0.05) is 13.8 Å². The number of rotatable bonds is 4. The molecule has 0 spiro atoms. The van der Waals surface area contributed by atoms with E-state index in [2.05, 4.69) is 4.98 Å². The predicted octanol–water partition coefficient (Wildman–Crippen LogP) is 0.694. The molecule has 84 valence electrons. The lowest BCUT2D eigenvalue weighted by molar-refractivity contribution is 0.445. The van der Waals surface area contributed by atoms with E-state index in [-0.39, 0.29) is 4.90 Å². The molecule has 0 aliphatic heterocycles. The number of nitrogens with two attached hydrogens (primary N) is 1. The molecule has 5 nitrogen and oxygen atoms in total. The van der Waals surface area contributed by atoms with E-state index in [0.717, 1.165) is 0 Å². The third-order valence-corrected chi connectivity index (χ3v) is 4.14. The molecule has 1 rings (SSSR count).